The van der Waals surface area contributed by atoms with E-state index in [-0.39, 0.29) is 11.6 Å². The summed E-state index contributed by atoms with van der Waals surface area (Å²) in [6, 6.07) is 8.23. The second kappa shape index (κ2) is 8.18. The van der Waals surface area contributed by atoms with E-state index in [0.29, 0.717) is 17.7 Å². The van der Waals surface area contributed by atoms with Crippen molar-refractivity contribution in [2.24, 2.45) is 4.99 Å². The second-order valence-electron chi connectivity index (χ2n) is 7.59. The summed E-state index contributed by atoms with van der Waals surface area (Å²) in [5.41, 5.74) is -1.48. The molecule has 0 fully saturated rings. The van der Waals surface area contributed by atoms with Gasteiger partial charge in [0.05, 0.1) is 11.1 Å². The molecule has 3 nitrogen and oxygen atoms in total. The smallest absolute Gasteiger partial charge is 0.315 e. The van der Waals surface area contributed by atoms with E-state index < -0.39 is 29.0 Å². The van der Waals surface area contributed by atoms with E-state index in [2.05, 4.69) is 0 Å². The molecule has 172 valence electrons. The van der Waals surface area contributed by atoms with Crippen LogP contribution in [0.2, 0.25) is 0 Å². The first-order chi connectivity index (χ1) is 14.8. The zero-order valence-corrected chi connectivity index (χ0v) is 18.0. The molecule has 0 spiro atoms. The summed E-state index contributed by atoms with van der Waals surface area (Å²) >= 11 is 0. The predicted molar refractivity (Wildman–Crippen MR) is 114 cm³/mol. The molecule has 32 heavy (non-hydrogen) atoms. The molecule has 1 atom stereocenters. The van der Waals surface area contributed by atoms with Crippen LogP contribution in [0.1, 0.15) is 37.0 Å². The van der Waals surface area contributed by atoms with Gasteiger partial charge in [-0.1, -0.05) is 31.2 Å². The molecular formula is C23H23F6N3. The number of nitrogens with zero attached hydrogens (tertiary/aromatic N) is 3. The number of rotatable bonds is 3. The van der Waals surface area contributed by atoms with Gasteiger partial charge in [-0.05, 0) is 43.7 Å². The first-order valence-electron chi connectivity index (χ1n) is 9.94. The maximum atomic E-state index is 13.4. The average molecular weight is 455 g/mol. The first-order valence-corrected chi connectivity index (χ1v) is 9.94. The summed E-state index contributed by atoms with van der Waals surface area (Å²) in [5, 5.41) is 0. The van der Waals surface area contributed by atoms with Crippen molar-refractivity contribution in [1.29, 1.82) is 0 Å². The minimum Gasteiger partial charge on any atom is -0.315 e. The van der Waals surface area contributed by atoms with E-state index in [1.165, 1.54) is 28.0 Å². The first kappa shape index (κ1) is 23.7. The Morgan fingerprint density at radius 3 is 2.19 bits per heavy atom. The number of benzene rings is 2. The van der Waals surface area contributed by atoms with Gasteiger partial charge in [0, 0.05) is 31.0 Å². The Morgan fingerprint density at radius 1 is 1.00 bits per heavy atom. The summed E-state index contributed by atoms with van der Waals surface area (Å²) < 4.78 is 79.8. The molecule has 3 rings (SSSR count). The SMILES string of the molecule is C/C=C/C1(CC)N=C(N(C)c2cccc(C(F)(F)F)c2)N(C)c2cc(C(F)(F)F)ccc21. The Kier molecular flexibility index (Phi) is 6.06. The van der Waals surface area contributed by atoms with Crippen molar-refractivity contribution in [2.45, 2.75) is 38.2 Å². The lowest BCUT2D eigenvalue weighted by molar-refractivity contribution is -0.138. The average Bonchev–Trinajstić information content (AvgIpc) is 2.74. The third kappa shape index (κ3) is 4.20. The van der Waals surface area contributed by atoms with Crippen molar-refractivity contribution in [3.05, 3.63) is 71.3 Å². The van der Waals surface area contributed by atoms with Gasteiger partial charge in [0.25, 0.3) is 0 Å². The van der Waals surface area contributed by atoms with Gasteiger partial charge >= 0.3 is 12.4 Å². The van der Waals surface area contributed by atoms with Gasteiger partial charge in [0.1, 0.15) is 5.54 Å². The van der Waals surface area contributed by atoms with Gasteiger partial charge < -0.3 is 9.80 Å². The lowest BCUT2D eigenvalue weighted by Crippen LogP contribution is -2.47. The van der Waals surface area contributed by atoms with Crippen LogP contribution in [-0.2, 0) is 17.9 Å². The molecule has 0 saturated carbocycles. The van der Waals surface area contributed by atoms with Crippen molar-refractivity contribution < 1.29 is 26.3 Å². The number of aliphatic imine (C=N–C) groups is 1. The summed E-state index contributed by atoms with van der Waals surface area (Å²) in [6.07, 6.45) is -5.05. The Bertz CT molecular complexity index is 1050. The summed E-state index contributed by atoms with van der Waals surface area (Å²) in [4.78, 5) is 7.75. The lowest BCUT2D eigenvalue weighted by atomic mass is 9.84. The summed E-state index contributed by atoms with van der Waals surface area (Å²) in [7, 11) is 3.09. The molecule has 0 aromatic heterocycles. The number of hydrogen-bond acceptors (Lipinski definition) is 3. The molecule has 0 saturated heterocycles. The monoisotopic (exact) mass is 455 g/mol. The molecule has 2 aromatic carbocycles. The number of anilines is 2. The highest BCUT2D eigenvalue weighted by Gasteiger charge is 2.40. The zero-order valence-electron chi connectivity index (χ0n) is 18.0. The Morgan fingerprint density at radius 2 is 1.62 bits per heavy atom. The number of fused-ring (bicyclic) bond motifs is 1. The van der Waals surface area contributed by atoms with Gasteiger partial charge in [-0.2, -0.15) is 26.3 Å². The van der Waals surface area contributed by atoms with Crippen LogP contribution in [-0.4, -0.2) is 20.1 Å². The van der Waals surface area contributed by atoms with E-state index in [4.69, 9.17) is 4.99 Å². The third-order valence-corrected chi connectivity index (χ3v) is 5.59. The summed E-state index contributed by atoms with van der Waals surface area (Å²) in [6.45, 7) is 3.64. The van der Waals surface area contributed by atoms with E-state index in [1.54, 1.807) is 33.2 Å². The largest absolute Gasteiger partial charge is 0.416 e. The quantitative estimate of drug-likeness (QED) is 0.372. The number of guanidine groups is 1. The highest BCUT2D eigenvalue weighted by molar-refractivity contribution is 6.08. The second-order valence-corrected chi connectivity index (χ2v) is 7.59. The van der Waals surface area contributed by atoms with Crippen molar-refractivity contribution in [3.63, 3.8) is 0 Å². The number of alkyl halides is 6. The molecule has 0 radical (unpaired) electrons. The molecule has 0 bridgehead atoms. The van der Waals surface area contributed by atoms with E-state index in [9.17, 15) is 26.3 Å². The van der Waals surface area contributed by atoms with E-state index >= 15 is 0 Å². The molecule has 1 aliphatic heterocycles. The minimum absolute atomic E-state index is 0.214. The lowest BCUT2D eigenvalue weighted by Gasteiger charge is -2.41. The van der Waals surface area contributed by atoms with Crippen LogP contribution in [0.4, 0.5) is 37.7 Å². The maximum absolute atomic E-state index is 13.4. The van der Waals surface area contributed by atoms with Gasteiger partial charge in [0.15, 0.2) is 0 Å². The zero-order chi connectivity index (χ0) is 23.9. The number of allylic oxidation sites excluding steroid dienone is 1. The fraction of sp³-hybridized carbons (Fsp3) is 0.348. The maximum Gasteiger partial charge on any atom is 0.416 e. The molecule has 9 heteroatoms. The normalized spacial score (nSPS) is 19.2. The molecule has 1 aliphatic rings. The van der Waals surface area contributed by atoms with Crippen molar-refractivity contribution in [2.75, 3.05) is 23.9 Å². The molecule has 0 amide bonds. The fourth-order valence-corrected chi connectivity index (χ4v) is 3.87. The standard InChI is InChI=1S/C23H23F6N3/c1-5-12-21(6-2)18-11-10-16(23(27,28)29)14-19(18)32(4)20(30-21)31(3)17-9-7-8-15(13-17)22(24,25)26/h5,7-14H,6H2,1-4H3/b12-5+. The van der Waals surface area contributed by atoms with Crippen LogP contribution in [0.15, 0.2) is 59.6 Å². The van der Waals surface area contributed by atoms with Crippen LogP contribution in [0.25, 0.3) is 0 Å². The van der Waals surface area contributed by atoms with Crippen LogP contribution < -0.4 is 9.80 Å². The molecule has 1 heterocycles. The van der Waals surface area contributed by atoms with Crippen molar-refractivity contribution in [1.82, 2.24) is 0 Å². The summed E-state index contributed by atoms with van der Waals surface area (Å²) in [5.74, 6) is 0.232. The molecule has 0 aliphatic carbocycles. The highest BCUT2D eigenvalue weighted by atomic mass is 19.4. The molecular weight excluding hydrogens is 432 g/mol. The highest BCUT2D eigenvalue weighted by Crippen LogP contribution is 2.44. The van der Waals surface area contributed by atoms with E-state index in [0.717, 1.165) is 24.3 Å². The van der Waals surface area contributed by atoms with E-state index in [1.807, 2.05) is 6.92 Å². The molecule has 0 N–H and O–H groups in total. The molecule has 1 unspecified atom stereocenters. The number of hydrogen-bond donors (Lipinski definition) is 0. The Hall–Kier alpha value is -2.97. The predicted octanol–water partition coefficient (Wildman–Crippen LogP) is 6.85. The van der Waals surface area contributed by atoms with Crippen LogP contribution in [0, 0.1) is 0 Å². The minimum atomic E-state index is -4.53. The van der Waals surface area contributed by atoms with Crippen LogP contribution in [0.5, 0.6) is 0 Å². The van der Waals surface area contributed by atoms with Crippen LogP contribution in [0.3, 0.4) is 0 Å². The van der Waals surface area contributed by atoms with Crippen molar-refractivity contribution >= 4 is 17.3 Å². The fourth-order valence-electron chi connectivity index (χ4n) is 3.87. The molecule has 2 aromatic rings. The van der Waals surface area contributed by atoms with Gasteiger partial charge in [0.2, 0.25) is 5.96 Å². The van der Waals surface area contributed by atoms with Gasteiger partial charge in [-0.3, -0.25) is 0 Å². The van der Waals surface area contributed by atoms with Gasteiger partial charge in [-0.25, -0.2) is 4.99 Å². The number of halogens is 6. The van der Waals surface area contributed by atoms with Crippen LogP contribution >= 0.6 is 0 Å². The Balaban J connectivity index is 2.19. The van der Waals surface area contributed by atoms with Gasteiger partial charge in [-0.15, -0.1) is 0 Å². The van der Waals surface area contributed by atoms with Crippen molar-refractivity contribution in [3.8, 4) is 0 Å². The third-order valence-electron chi connectivity index (χ3n) is 5.59. The topological polar surface area (TPSA) is 18.8 Å². The Labute approximate surface area is 182 Å².